The van der Waals surface area contributed by atoms with E-state index >= 15 is 0 Å². The van der Waals surface area contributed by atoms with Gasteiger partial charge in [-0.15, -0.1) is 0 Å². The molecule has 0 aromatic rings. The summed E-state index contributed by atoms with van der Waals surface area (Å²) in [6.45, 7) is 2.81. The highest BCUT2D eigenvalue weighted by Crippen LogP contribution is 2.08. The first-order chi connectivity index (χ1) is 9.19. The van der Waals surface area contributed by atoms with E-state index in [1.807, 2.05) is 11.9 Å². The number of carboxylic acid groups (broad SMARTS) is 1. The summed E-state index contributed by atoms with van der Waals surface area (Å²) in [6.07, 6.45) is -0.467. The van der Waals surface area contributed by atoms with Crippen LogP contribution >= 0.6 is 0 Å². The van der Waals surface area contributed by atoms with E-state index in [4.69, 9.17) is 9.84 Å². The largest absolute Gasteiger partial charge is 0.480 e. The molecular weight excluding hydrogens is 288 g/mol. The van der Waals surface area contributed by atoms with Gasteiger partial charge in [0.05, 0.1) is 24.2 Å². The molecule has 1 unspecified atom stereocenters. The van der Waals surface area contributed by atoms with Crippen LogP contribution in [0.4, 0.5) is 0 Å². The molecule has 116 valence electrons. The van der Waals surface area contributed by atoms with Crippen LogP contribution in [0, 0.1) is 0 Å². The number of nitrogens with one attached hydrogen (secondary N) is 1. The number of morpholine rings is 1. The molecule has 0 spiro atoms. The molecule has 0 aliphatic carbocycles. The van der Waals surface area contributed by atoms with Crippen molar-refractivity contribution in [3.8, 4) is 0 Å². The van der Waals surface area contributed by atoms with Crippen LogP contribution in [0.1, 0.15) is 6.92 Å². The van der Waals surface area contributed by atoms with E-state index in [0.29, 0.717) is 13.2 Å². The van der Waals surface area contributed by atoms with Crippen LogP contribution in [-0.4, -0.2) is 80.7 Å². The summed E-state index contributed by atoms with van der Waals surface area (Å²) in [5.41, 5.74) is 0. The van der Waals surface area contributed by atoms with E-state index in [9.17, 15) is 18.0 Å². The van der Waals surface area contributed by atoms with Crippen LogP contribution in [0.15, 0.2) is 0 Å². The number of carboxylic acids is 1. The van der Waals surface area contributed by atoms with Crippen LogP contribution in [0.3, 0.4) is 0 Å². The fourth-order valence-electron chi connectivity index (χ4n) is 1.99. The third-order valence-electron chi connectivity index (χ3n) is 2.88. The van der Waals surface area contributed by atoms with E-state index in [0.717, 1.165) is 13.5 Å². The van der Waals surface area contributed by atoms with Gasteiger partial charge in [0.1, 0.15) is 6.04 Å². The Labute approximate surface area is 118 Å². The molecule has 9 heteroatoms. The quantitative estimate of drug-likeness (QED) is 0.602. The lowest BCUT2D eigenvalue weighted by molar-refractivity contribution is -0.140. The lowest BCUT2D eigenvalue weighted by Gasteiger charge is -2.30. The lowest BCUT2D eigenvalue weighted by atomic mass is 10.3. The summed E-state index contributed by atoms with van der Waals surface area (Å²) in [5, 5.41) is 11.0. The summed E-state index contributed by atoms with van der Waals surface area (Å²) < 4.78 is 29.3. The Morgan fingerprint density at radius 2 is 2.15 bits per heavy atom. The molecule has 20 heavy (non-hydrogen) atoms. The van der Waals surface area contributed by atoms with E-state index in [2.05, 4.69) is 5.32 Å². The Hall–Kier alpha value is -1.19. The monoisotopic (exact) mass is 308 g/mol. The maximum Gasteiger partial charge on any atom is 0.327 e. The van der Waals surface area contributed by atoms with Crippen LogP contribution in [0.5, 0.6) is 0 Å². The second-order valence-electron chi connectivity index (χ2n) is 4.92. The third kappa shape index (κ3) is 5.85. The third-order valence-corrected chi connectivity index (χ3v) is 4.60. The average Bonchev–Trinajstić information content (AvgIpc) is 2.26. The molecule has 1 aliphatic heterocycles. The zero-order valence-corrected chi connectivity index (χ0v) is 12.4. The molecule has 2 atom stereocenters. The number of nitrogens with zero attached hydrogens (tertiary/aromatic N) is 1. The molecule has 1 rings (SSSR count). The van der Waals surface area contributed by atoms with Gasteiger partial charge in [-0.2, -0.15) is 0 Å². The second-order valence-corrected chi connectivity index (χ2v) is 7.08. The minimum Gasteiger partial charge on any atom is -0.480 e. The molecule has 1 fully saturated rings. The van der Waals surface area contributed by atoms with Gasteiger partial charge in [-0.05, 0) is 7.05 Å². The standard InChI is InChI=1S/C11H20N2O6S/c1-8(14)12-10(11(15)16)7-20(17,18)6-9-5-13(2)3-4-19-9/h9-10H,3-7H2,1-2H3,(H,12,14)(H,15,16)/t9?,10-/m0/s1. The molecule has 8 nitrogen and oxygen atoms in total. The van der Waals surface area contributed by atoms with Gasteiger partial charge in [-0.25, -0.2) is 13.2 Å². The number of hydrogen-bond donors (Lipinski definition) is 2. The van der Waals surface area contributed by atoms with Crippen LogP contribution in [0.2, 0.25) is 0 Å². The SMILES string of the molecule is CC(=O)N[C@@H](CS(=O)(=O)CC1CN(C)CCO1)C(=O)O. The van der Waals surface area contributed by atoms with E-state index in [-0.39, 0.29) is 5.75 Å². The Kier molecular flexibility index (Phi) is 5.90. The van der Waals surface area contributed by atoms with Gasteiger partial charge in [-0.1, -0.05) is 0 Å². The van der Waals surface area contributed by atoms with Gasteiger partial charge < -0.3 is 20.1 Å². The molecule has 2 N–H and O–H groups in total. The average molecular weight is 308 g/mol. The first-order valence-corrected chi connectivity index (χ1v) is 8.02. The predicted octanol–water partition coefficient (Wildman–Crippen LogP) is -1.68. The van der Waals surface area contributed by atoms with Crippen LogP contribution < -0.4 is 5.32 Å². The molecule has 0 saturated carbocycles. The van der Waals surface area contributed by atoms with Gasteiger partial charge in [0.2, 0.25) is 5.91 Å². The highest BCUT2D eigenvalue weighted by Gasteiger charge is 2.30. The maximum atomic E-state index is 12.0. The maximum absolute atomic E-state index is 12.0. The van der Waals surface area contributed by atoms with Gasteiger partial charge in [-0.3, -0.25) is 4.79 Å². The zero-order valence-electron chi connectivity index (χ0n) is 11.5. The minimum absolute atomic E-state index is 0.249. The second kappa shape index (κ2) is 7.00. The Morgan fingerprint density at radius 1 is 1.50 bits per heavy atom. The first kappa shape index (κ1) is 16.9. The number of carbonyl (C=O) groups is 2. The van der Waals surface area contributed by atoms with Crippen LogP contribution in [-0.2, 0) is 24.2 Å². The number of amides is 1. The zero-order chi connectivity index (χ0) is 15.3. The molecule has 1 aliphatic rings. The Morgan fingerprint density at radius 3 is 2.65 bits per heavy atom. The van der Waals surface area contributed by atoms with Crippen molar-refractivity contribution in [1.29, 1.82) is 0 Å². The topological polar surface area (TPSA) is 113 Å². The van der Waals surface area contributed by atoms with Gasteiger partial charge in [0.25, 0.3) is 0 Å². The van der Waals surface area contributed by atoms with Crippen molar-refractivity contribution in [1.82, 2.24) is 10.2 Å². The highest BCUT2D eigenvalue weighted by atomic mass is 32.2. The minimum atomic E-state index is -3.64. The number of hydrogen-bond acceptors (Lipinski definition) is 6. The predicted molar refractivity (Wildman–Crippen MR) is 71.1 cm³/mol. The fraction of sp³-hybridized carbons (Fsp3) is 0.818. The summed E-state index contributed by atoms with van der Waals surface area (Å²) in [6, 6.07) is -1.43. The fourth-order valence-corrected chi connectivity index (χ4v) is 3.63. The van der Waals surface area contributed by atoms with E-state index in [1.54, 1.807) is 0 Å². The van der Waals surface area contributed by atoms with Gasteiger partial charge >= 0.3 is 5.97 Å². The van der Waals surface area contributed by atoms with Crippen molar-refractivity contribution in [3.05, 3.63) is 0 Å². The van der Waals surface area contributed by atoms with Crippen molar-refractivity contribution in [2.24, 2.45) is 0 Å². The van der Waals surface area contributed by atoms with Gasteiger partial charge in [0.15, 0.2) is 9.84 Å². The number of carbonyl (C=O) groups excluding carboxylic acids is 1. The Bertz CT molecular complexity index is 464. The molecule has 0 aromatic heterocycles. The summed E-state index contributed by atoms with van der Waals surface area (Å²) >= 11 is 0. The number of rotatable bonds is 6. The summed E-state index contributed by atoms with van der Waals surface area (Å²) in [7, 11) is -1.78. The number of ether oxygens (including phenoxy) is 1. The van der Waals surface area contributed by atoms with Crippen molar-refractivity contribution in [3.63, 3.8) is 0 Å². The number of aliphatic carboxylic acids is 1. The van der Waals surface area contributed by atoms with Crippen LogP contribution in [0.25, 0.3) is 0 Å². The molecule has 0 bridgehead atoms. The summed E-state index contributed by atoms with van der Waals surface area (Å²) in [4.78, 5) is 23.8. The highest BCUT2D eigenvalue weighted by molar-refractivity contribution is 7.91. The van der Waals surface area contributed by atoms with E-state index < -0.39 is 39.6 Å². The molecule has 0 aromatic carbocycles. The van der Waals surface area contributed by atoms with Gasteiger partial charge in [0, 0.05) is 20.0 Å². The molecule has 0 radical (unpaired) electrons. The Balaban J connectivity index is 2.62. The molecule has 1 amide bonds. The van der Waals surface area contributed by atoms with Crippen molar-refractivity contribution in [2.45, 2.75) is 19.1 Å². The number of likely N-dealkylation sites (N-methyl/N-ethyl adjacent to an activating group) is 1. The molecule has 1 heterocycles. The smallest absolute Gasteiger partial charge is 0.327 e. The van der Waals surface area contributed by atoms with Crippen molar-refractivity contribution in [2.75, 3.05) is 38.2 Å². The number of sulfone groups is 1. The van der Waals surface area contributed by atoms with Crippen molar-refractivity contribution < 1.29 is 27.9 Å². The normalized spacial score (nSPS) is 22.2. The molecular formula is C11H20N2O6S. The van der Waals surface area contributed by atoms with Crippen molar-refractivity contribution >= 4 is 21.7 Å². The lowest BCUT2D eigenvalue weighted by Crippen LogP contribution is -2.48. The first-order valence-electron chi connectivity index (χ1n) is 6.20. The molecule has 1 saturated heterocycles. The van der Waals surface area contributed by atoms with E-state index in [1.165, 1.54) is 0 Å². The summed E-state index contributed by atoms with van der Waals surface area (Å²) in [5.74, 6) is -2.83.